The van der Waals surface area contributed by atoms with Crippen LogP contribution >= 0.6 is 0 Å². The lowest BCUT2D eigenvalue weighted by Crippen LogP contribution is -2.05. The van der Waals surface area contributed by atoms with Gasteiger partial charge in [0.05, 0.1) is 29.7 Å². The second kappa shape index (κ2) is 6.27. The average molecular weight is 310 g/mol. The Kier molecular flexibility index (Phi) is 4.01. The van der Waals surface area contributed by atoms with Crippen molar-refractivity contribution in [2.75, 3.05) is 7.11 Å². The molecule has 0 aliphatic heterocycles. The number of hydrogen-bond acceptors (Lipinski definition) is 5. The van der Waals surface area contributed by atoms with E-state index in [0.717, 1.165) is 5.56 Å². The van der Waals surface area contributed by atoms with Gasteiger partial charge in [-0.1, -0.05) is 30.3 Å². The highest BCUT2D eigenvalue weighted by atomic mass is 16.6. The number of ether oxygens (including phenoxy) is 1. The monoisotopic (exact) mass is 310 g/mol. The molecule has 7 nitrogen and oxygen atoms in total. The fraction of sp³-hybridized carbons (Fsp3) is 0.125. The third-order valence-electron chi connectivity index (χ3n) is 3.46. The van der Waals surface area contributed by atoms with E-state index in [1.165, 1.54) is 24.4 Å². The number of nitro benzene ring substituents is 1. The van der Waals surface area contributed by atoms with Crippen molar-refractivity contribution in [3.63, 3.8) is 0 Å². The average Bonchev–Trinajstić information content (AvgIpc) is 3.07. The number of rotatable bonds is 5. The van der Waals surface area contributed by atoms with E-state index in [9.17, 15) is 10.1 Å². The molecule has 2 aromatic carbocycles. The second-order valence-electron chi connectivity index (χ2n) is 4.90. The molecule has 3 aromatic rings. The highest BCUT2D eigenvalue weighted by molar-refractivity contribution is 5.77. The summed E-state index contributed by atoms with van der Waals surface area (Å²) in [5.74, 6) is 0.560. The van der Waals surface area contributed by atoms with Gasteiger partial charge >= 0.3 is 0 Å². The van der Waals surface area contributed by atoms with Gasteiger partial charge in [0.15, 0.2) is 0 Å². The third-order valence-corrected chi connectivity index (χ3v) is 3.46. The molecule has 0 saturated heterocycles. The largest absolute Gasteiger partial charge is 0.497 e. The number of benzene rings is 2. The Labute approximate surface area is 132 Å². The summed E-state index contributed by atoms with van der Waals surface area (Å²) in [5.41, 5.74) is 1.84. The molecule has 1 heterocycles. The summed E-state index contributed by atoms with van der Waals surface area (Å²) in [7, 11) is 1.54. The SMILES string of the molecule is COc1cc(Cn2cncn2)c([N+](=O)[O-])c(-c2ccccc2)c1. The van der Waals surface area contributed by atoms with E-state index in [4.69, 9.17) is 4.74 Å². The van der Waals surface area contributed by atoms with E-state index in [2.05, 4.69) is 10.1 Å². The van der Waals surface area contributed by atoms with Crippen molar-refractivity contribution >= 4 is 5.69 Å². The van der Waals surface area contributed by atoms with Crippen molar-refractivity contribution < 1.29 is 9.66 Å². The minimum Gasteiger partial charge on any atom is -0.497 e. The molecule has 0 radical (unpaired) electrons. The highest BCUT2D eigenvalue weighted by Crippen LogP contribution is 2.37. The van der Waals surface area contributed by atoms with E-state index >= 15 is 0 Å². The van der Waals surface area contributed by atoms with Gasteiger partial charge in [-0.2, -0.15) is 5.10 Å². The van der Waals surface area contributed by atoms with Gasteiger partial charge in [-0.15, -0.1) is 0 Å². The molecular formula is C16H14N4O3. The summed E-state index contributed by atoms with van der Waals surface area (Å²) < 4.78 is 6.84. The predicted octanol–water partition coefficient (Wildman–Crippen LogP) is 2.91. The lowest BCUT2D eigenvalue weighted by molar-refractivity contribution is -0.384. The Hall–Kier alpha value is -3.22. The first-order valence-electron chi connectivity index (χ1n) is 6.92. The molecule has 0 aliphatic rings. The maximum absolute atomic E-state index is 11.7. The minimum absolute atomic E-state index is 0.0486. The van der Waals surface area contributed by atoms with Crippen LogP contribution in [-0.2, 0) is 6.54 Å². The molecule has 0 spiro atoms. The summed E-state index contributed by atoms with van der Waals surface area (Å²) in [6.07, 6.45) is 2.91. The normalized spacial score (nSPS) is 10.5. The van der Waals surface area contributed by atoms with Crippen LogP contribution in [0.3, 0.4) is 0 Å². The van der Waals surface area contributed by atoms with E-state index < -0.39 is 0 Å². The smallest absolute Gasteiger partial charge is 0.282 e. The minimum atomic E-state index is -0.367. The van der Waals surface area contributed by atoms with E-state index in [-0.39, 0.29) is 17.2 Å². The maximum Gasteiger partial charge on any atom is 0.282 e. The van der Waals surface area contributed by atoms with Gasteiger partial charge in [0.1, 0.15) is 18.4 Å². The molecule has 7 heteroatoms. The molecule has 1 aromatic heterocycles. The van der Waals surface area contributed by atoms with Gasteiger partial charge < -0.3 is 4.74 Å². The van der Waals surface area contributed by atoms with Crippen molar-refractivity contribution in [2.24, 2.45) is 0 Å². The maximum atomic E-state index is 11.7. The summed E-state index contributed by atoms with van der Waals surface area (Å²) in [5, 5.41) is 15.7. The molecule has 0 amide bonds. The van der Waals surface area contributed by atoms with Crippen molar-refractivity contribution in [2.45, 2.75) is 6.54 Å². The van der Waals surface area contributed by atoms with Crippen LogP contribution in [0, 0.1) is 10.1 Å². The highest BCUT2D eigenvalue weighted by Gasteiger charge is 2.23. The molecule has 0 saturated carbocycles. The fourth-order valence-corrected chi connectivity index (χ4v) is 2.45. The standard InChI is InChI=1S/C16H14N4O3/c1-23-14-7-13(9-19-11-17-10-18-19)16(20(21)22)15(8-14)12-5-3-2-4-6-12/h2-8,10-11H,9H2,1H3. The summed E-state index contributed by atoms with van der Waals surface area (Å²) in [6.45, 7) is 0.243. The molecular weight excluding hydrogens is 296 g/mol. The zero-order valence-electron chi connectivity index (χ0n) is 12.4. The first-order chi connectivity index (χ1) is 11.2. The zero-order valence-corrected chi connectivity index (χ0v) is 12.4. The summed E-state index contributed by atoms with van der Waals surface area (Å²) in [4.78, 5) is 15.2. The van der Waals surface area contributed by atoms with Crippen molar-refractivity contribution in [3.8, 4) is 16.9 Å². The quantitative estimate of drug-likeness (QED) is 0.534. The topological polar surface area (TPSA) is 83.1 Å². The Morgan fingerprint density at radius 2 is 2.04 bits per heavy atom. The molecule has 116 valence electrons. The van der Waals surface area contributed by atoms with E-state index in [0.29, 0.717) is 16.9 Å². The summed E-state index contributed by atoms with van der Waals surface area (Å²) in [6, 6.07) is 12.6. The van der Waals surface area contributed by atoms with Gasteiger partial charge in [0.25, 0.3) is 5.69 Å². The van der Waals surface area contributed by atoms with Crippen LogP contribution in [0.1, 0.15) is 5.56 Å². The van der Waals surface area contributed by atoms with Crippen LogP contribution in [0.5, 0.6) is 5.75 Å². The van der Waals surface area contributed by atoms with Crippen LogP contribution in [-0.4, -0.2) is 26.8 Å². The Balaban J connectivity index is 2.19. The lowest BCUT2D eigenvalue weighted by atomic mass is 9.99. The number of nitrogens with zero attached hydrogens (tertiary/aromatic N) is 4. The molecule has 0 aliphatic carbocycles. The number of aromatic nitrogens is 3. The molecule has 0 fully saturated rings. The lowest BCUT2D eigenvalue weighted by Gasteiger charge is -2.11. The van der Waals surface area contributed by atoms with Crippen molar-refractivity contribution in [1.29, 1.82) is 0 Å². The van der Waals surface area contributed by atoms with Gasteiger partial charge in [0, 0.05) is 0 Å². The number of methoxy groups -OCH3 is 1. The number of hydrogen-bond donors (Lipinski definition) is 0. The van der Waals surface area contributed by atoms with Gasteiger partial charge in [-0.05, 0) is 17.7 Å². The Morgan fingerprint density at radius 3 is 2.65 bits per heavy atom. The number of nitro groups is 1. The molecule has 0 atom stereocenters. The van der Waals surface area contributed by atoms with Crippen molar-refractivity contribution in [3.05, 3.63) is 70.8 Å². The Morgan fingerprint density at radius 1 is 1.26 bits per heavy atom. The van der Waals surface area contributed by atoms with Crippen LogP contribution in [0.4, 0.5) is 5.69 Å². The molecule has 0 bridgehead atoms. The molecule has 23 heavy (non-hydrogen) atoms. The fourth-order valence-electron chi connectivity index (χ4n) is 2.45. The van der Waals surface area contributed by atoms with Crippen LogP contribution in [0.25, 0.3) is 11.1 Å². The zero-order chi connectivity index (χ0) is 16.2. The summed E-state index contributed by atoms with van der Waals surface area (Å²) >= 11 is 0. The van der Waals surface area contributed by atoms with Crippen LogP contribution in [0.15, 0.2) is 55.1 Å². The van der Waals surface area contributed by atoms with Gasteiger partial charge in [-0.3, -0.25) is 10.1 Å². The molecule has 0 N–H and O–H groups in total. The van der Waals surface area contributed by atoms with Gasteiger partial charge in [-0.25, -0.2) is 9.67 Å². The second-order valence-corrected chi connectivity index (χ2v) is 4.90. The van der Waals surface area contributed by atoms with Crippen LogP contribution < -0.4 is 4.74 Å². The van der Waals surface area contributed by atoms with Crippen LogP contribution in [0.2, 0.25) is 0 Å². The van der Waals surface area contributed by atoms with Gasteiger partial charge in [0.2, 0.25) is 0 Å². The predicted molar refractivity (Wildman–Crippen MR) is 84.2 cm³/mol. The molecule has 0 unspecified atom stereocenters. The molecule has 3 rings (SSSR count). The first kappa shape index (κ1) is 14.7. The first-order valence-corrected chi connectivity index (χ1v) is 6.92. The van der Waals surface area contributed by atoms with E-state index in [1.54, 1.807) is 12.1 Å². The van der Waals surface area contributed by atoms with Crippen molar-refractivity contribution in [1.82, 2.24) is 14.8 Å². The van der Waals surface area contributed by atoms with E-state index in [1.807, 2.05) is 30.3 Å². The third kappa shape index (κ3) is 3.03. The Bertz CT molecular complexity index is 817.